The number of hydrogen-bond acceptors (Lipinski definition) is 0. The Kier molecular flexibility index (Phi) is 3.66. The predicted molar refractivity (Wildman–Crippen MR) is 70.5 cm³/mol. The second kappa shape index (κ2) is 4.92. The molecule has 0 amide bonds. The van der Waals surface area contributed by atoms with Crippen LogP contribution >= 0.6 is 15.9 Å². The van der Waals surface area contributed by atoms with Crippen molar-refractivity contribution in [3.8, 4) is 0 Å². The maximum absolute atomic E-state index is 13.0. The van der Waals surface area contributed by atoms with Crippen molar-refractivity contribution in [2.45, 2.75) is 12.6 Å². The summed E-state index contributed by atoms with van der Waals surface area (Å²) >= 11 is 2.98. The van der Waals surface area contributed by atoms with Gasteiger partial charge in [-0.1, -0.05) is 64.5 Å². The fourth-order valence-corrected chi connectivity index (χ4v) is 2.64. The van der Waals surface area contributed by atoms with Crippen LogP contribution < -0.4 is 0 Å². The van der Waals surface area contributed by atoms with Crippen molar-refractivity contribution in [3.63, 3.8) is 0 Å². The molecule has 0 heterocycles. The van der Waals surface area contributed by atoms with E-state index in [1.54, 1.807) is 12.2 Å². The van der Waals surface area contributed by atoms with Gasteiger partial charge >= 0.3 is 6.18 Å². The molecule has 1 atom stereocenters. The molecule has 0 spiro atoms. The van der Waals surface area contributed by atoms with Crippen molar-refractivity contribution >= 4 is 21.5 Å². The third-order valence-electron chi connectivity index (χ3n) is 3.18. The zero-order chi connectivity index (χ0) is 13.2. The van der Waals surface area contributed by atoms with Crippen molar-refractivity contribution in [1.82, 2.24) is 0 Å². The zero-order valence-electron chi connectivity index (χ0n) is 9.54. The number of benzene rings is 1. The Morgan fingerprint density at radius 3 is 2.28 bits per heavy atom. The van der Waals surface area contributed by atoms with Crippen LogP contribution in [-0.4, -0.2) is 11.5 Å². The summed E-state index contributed by atoms with van der Waals surface area (Å²) in [5.41, 5.74) is 0.0150. The second-order valence-electron chi connectivity index (χ2n) is 4.35. The standard InChI is InChI=1S/C14H12BrF3/c15-10-13(14(16,17)18)8-6-12(7-9-13)11-4-2-1-3-5-11/h1-8H,9-10H2. The maximum Gasteiger partial charge on any atom is 0.398 e. The summed E-state index contributed by atoms with van der Waals surface area (Å²) in [5, 5.41) is -0.113. The molecule has 1 aliphatic rings. The highest BCUT2D eigenvalue weighted by molar-refractivity contribution is 9.09. The highest BCUT2D eigenvalue weighted by atomic mass is 79.9. The Hall–Kier alpha value is -1.03. The third-order valence-corrected chi connectivity index (χ3v) is 4.18. The van der Waals surface area contributed by atoms with Crippen LogP contribution in [0.5, 0.6) is 0 Å². The average Bonchev–Trinajstić information content (AvgIpc) is 2.38. The fourth-order valence-electron chi connectivity index (χ4n) is 1.91. The molecule has 0 N–H and O–H groups in total. The van der Waals surface area contributed by atoms with Crippen molar-refractivity contribution in [2.75, 3.05) is 5.33 Å². The maximum atomic E-state index is 13.0. The Labute approximate surface area is 112 Å². The van der Waals surface area contributed by atoms with Crippen molar-refractivity contribution < 1.29 is 13.2 Å². The lowest BCUT2D eigenvalue weighted by Crippen LogP contribution is -2.38. The largest absolute Gasteiger partial charge is 0.398 e. The highest BCUT2D eigenvalue weighted by Crippen LogP contribution is 2.47. The Morgan fingerprint density at radius 1 is 1.17 bits per heavy atom. The summed E-state index contributed by atoms with van der Waals surface area (Å²) in [6.07, 6.45) is 0.232. The quantitative estimate of drug-likeness (QED) is 0.675. The van der Waals surface area contributed by atoms with Gasteiger partial charge in [0, 0.05) is 5.33 Å². The van der Waals surface area contributed by atoms with Crippen LogP contribution in [0.1, 0.15) is 12.0 Å². The first-order valence-electron chi connectivity index (χ1n) is 5.56. The van der Waals surface area contributed by atoms with Gasteiger partial charge in [0.05, 0.1) is 5.41 Å². The van der Waals surface area contributed by atoms with Gasteiger partial charge in [0.1, 0.15) is 0 Å². The van der Waals surface area contributed by atoms with E-state index in [4.69, 9.17) is 0 Å². The summed E-state index contributed by atoms with van der Waals surface area (Å²) < 4.78 is 39.0. The van der Waals surface area contributed by atoms with Gasteiger partial charge in [0.25, 0.3) is 0 Å². The number of alkyl halides is 4. The van der Waals surface area contributed by atoms with E-state index in [0.717, 1.165) is 11.1 Å². The lowest BCUT2D eigenvalue weighted by molar-refractivity contribution is -0.196. The molecule has 1 aromatic rings. The minimum absolute atomic E-state index is 0.0253. The van der Waals surface area contributed by atoms with Crippen molar-refractivity contribution in [1.29, 1.82) is 0 Å². The van der Waals surface area contributed by atoms with Gasteiger partial charge in [-0.3, -0.25) is 0 Å². The molecule has 0 radical (unpaired) electrons. The van der Waals surface area contributed by atoms with E-state index in [9.17, 15) is 13.2 Å². The molecule has 1 unspecified atom stereocenters. The van der Waals surface area contributed by atoms with E-state index in [-0.39, 0.29) is 11.8 Å². The van der Waals surface area contributed by atoms with Crippen molar-refractivity contribution in [2.24, 2.45) is 5.41 Å². The van der Waals surface area contributed by atoms with E-state index < -0.39 is 11.6 Å². The second-order valence-corrected chi connectivity index (χ2v) is 4.91. The van der Waals surface area contributed by atoms with Crippen LogP contribution in [0.4, 0.5) is 13.2 Å². The zero-order valence-corrected chi connectivity index (χ0v) is 11.1. The van der Waals surface area contributed by atoms with E-state index in [1.165, 1.54) is 6.08 Å². The van der Waals surface area contributed by atoms with Gasteiger partial charge in [-0.15, -0.1) is 0 Å². The molecular formula is C14H12BrF3. The molecular weight excluding hydrogens is 305 g/mol. The molecule has 18 heavy (non-hydrogen) atoms. The Balaban J connectivity index is 2.26. The number of halogens is 4. The van der Waals surface area contributed by atoms with Crippen LogP contribution in [0.25, 0.3) is 5.57 Å². The minimum atomic E-state index is -4.23. The molecule has 0 bridgehead atoms. The van der Waals surface area contributed by atoms with E-state index in [0.29, 0.717) is 0 Å². The van der Waals surface area contributed by atoms with Crippen LogP contribution in [0.2, 0.25) is 0 Å². The number of hydrogen-bond donors (Lipinski definition) is 0. The van der Waals surface area contributed by atoms with Gasteiger partial charge in [-0.2, -0.15) is 13.2 Å². The summed E-state index contributed by atoms with van der Waals surface area (Å²) in [6, 6.07) is 9.42. The molecule has 2 rings (SSSR count). The molecule has 0 aliphatic heterocycles. The van der Waals surface area contributed by atoms with Gasteiger partial charge < -0.3 is 0 Å². The first-order valence-corrected chi connectivity index (χ1v) is 6.68. The van der Waals surface area contributed by atoms with Crippen LogP contribution in [0.3, 0.4) is 0 Å². The topological polar surface area (TPSA) is 0 Å². The van der Waals surface area contributed by atoms with Crippen LogP contribution in [0, 0.1) is 5.41 Å². The molecule has 0 fully saturated rings. The predicted octanol–water partition coefficient (Wildman–Crippen LogP) is 4.97. The molecule has 96 valence electrons. The molecule has 0 nitrogen and oxygen atoms in total. The smallest absolute Gasteiger partial charge is 0.170 e. The monoisotopic (exact) mass is 316 g/mol. The van der Waals surface area contributed by atoms with E-state index >= 15 is 0 Å². The van der Waals surface area contributed by atoms with Gasteiger partial charge in [0.15, 0.2) is 0 Å². The van der Waals surface area contributed by atoms with Gasteiger partial charge in [-0.25, -0.2) is 0 Å². The molecule has 1 aliphatic carbocycles. The van der Waals surface area contributed by atoms with Crippen LogP contribution in [-0.2, 0) is 0 Å². The molecule has 0 saturated heterocycles. The van der Waals surface area contributed by atoms with Crippen molar-refractivity contribution in [3.05, 3.63) is 54.1 Å². The third kappa shape index (κ3) is 2.39. The van der Waals surface area contributed by atoms with E-state index in [2.05, 4.69) is 15.9 Å². The Morgan fingerprint density at radius 2 is 1.83 bits per heavy atom. The molecule has 4 heteroatoms. The fraction of sp³-hybridized carbons (Fsp3) is 0.286. The minimum Gasteiger partial charge on any atom is -0.170 e. The van der Waals surface area contributed by atoms with Gasteiger partial charge in [-0.05, 0) is 17.6 Å². The lowest BCUT2D eigenvalue weighted by Gasteiger charge is -2.32. The SMILES string of the molecule is FC(F)(F)C1(CBr)C=CC(c2ccccc2)=CC1. The normalized spacial score (nSPS) is 23.9. The van der Waals surface area contributed by atoms with Crippen LogP contribution in [0.15, 0.2) is 48.6 Å². The highest BCUT2D eigenvalue weighted by Gasteiger charge is 2.52. The Bertz CT molecular complexity index is 474. The summed E-state index contributed by atoms with van der Waals surface area (Å²) in [7, 11) is 0. The molecule has 0 aromatic heterocycles. The first kappa shape index (κ1) is 13.4. The molecule has 0 saturated carbocycles. The average molecular weight is 317 g/mol. The summed E-state index contributed by atoms with van der Waals surface area (Å²) in [5.74, 6) is 0. The summed E-state index contributed by atoms with van der Waals surface area (Å²) in [6.45, 7) is 0. The summed E-state index contributed by atoms with van der Waals surface area (Å²) in [4.78, 5) is 0. The van der Waals surface area contributed by atoms with E-state index in [1.807, 2.05) is 30.3 Å². The van der Waals surface area contributed by atoms with Gasteiger partial charge in [0.2, 0.25) is 0 Å². The first-order chi connectivity index (χ1) is 8.48. The number of rotatable bonds is 2. The lowest BCUT2D eigenvalue weighted by atomic mass is 9.80. The molecule has 1 aromatic carbocycles. The number of allylic oxidation sites excluding steroid dienone is 4.